The molecule has 3 atom stereocenters. The molecule has 0 amide bonds. The molecule has 0 radical (unpaired) electrons. The SMILES string of the molecule is CC(C)C(O)C(F)O[PH2]=O. The molecule has 3 unspecified atom stereocenters. The third-order valence-corrected chi connectivity index (χ3v) is 1.51. The first-order valence-corrected chi connectivity index (χ1v) is 3.95. The van der Waals surface area contributed by atoms with Crippen LogP contribution in [-0.2, 0) is 9.09 Å². The predicted molar refractivity (Wildman–Crippen MR) is 37.2 cm³/mol. The number of halogens is 1. The van der Waals surface area contributed by atoms with Gasteiger partial charge in [-0.05, 0) is 5.92 Å². The van der Waals surface area contributed by atoms with Gasteiger partial charge < -0.3 is 5.11 Å². The molecule has 0 saturated carbocycles. The Morgan fingerprint density at radius 3 is 2.40 bits per heavy atom. The second-order valence-electron chi connectivity index (χ2n) is 2.32. The highest BCUT2D eigenvalue weighted by atomic mass is 31.1. The molecular formula is C5H12FO3P. The van der Waals surface area contributed by atoms with Crippen molar-refractivity contribution in [2.24, 2.45) is 5.92 Å². The number of hydrogen-bond donors (Lipinski definition) is 1. The zero-order valence-electron chi connectivity index (χ0n) is 5.95. The van der Waals surface area contributed by atoms with Crippen molar-refractivity contribution in [3.05, 3.63) is 0 Å². The van der Waals surface area contributed by atoms with Gasteiger partial charge >= 0.3 is 0 Å². The summed E-state index contributed by atoms with van der Waals surface area (Å²) in [6.07, 6.45) is -2.99. The second kappa shape index (κ2) is 4.83. The molecule has 0 fully saturated rings. The average Bonchev–Trinajstić information content (AvgIpc) is 1.87. The van der Waals surface area contributed by atoms with Gasteiger partial charge in [0.15, 0.2) is 8.69 Å². The Bertz CT molecular complexity index is 109. The van der Waals surface area contributed by atoms with Gasteiger partial charge in [0.2, 0.25) is 6.36 Å². The van der Waals surface area contributed by atoms with E-state index in [4.69, 9.17) is 5.11 Å². The molecular weight excluding hydrogens is 158 g/mol. The molecule has 0 aliphatic heterocycles. The van der Waals surface area contributed by atoms with E-state index in [-0.39, 0.29) is 5.92 Å². The fourth-order valence-corrected chi connectivity index (χ4v) is 0.703. The molecule has 0 bridgehead atoms. The summed E-state index contributed by atoms with van der Waals surface area (Å²) in [4.78, 5) is 0. The van der Waals surface area contributed by atoms with Crippen LogP contribution in [0.15, 0.2) is 0 Å². The zero-order valence-corrected chi connectivity index (χ0v) is 7.11. The Morgan fingerprint density at radius 2 is 2.10 bits per heavy atom. The van der Waals surface area contributed by atoms with E-state index in [0.717, 1.165) is 0 Å². The van der Waals surface area contributed by atoms with Gasteiger partial charge in [0.25, 0.3) is 0 Å². The highest BCUT2D eigenvalue weighted by Gasteiger charge is 2.21. The first kappa shape index (κ1) is 10.1. The van der Waals surface area contributed by atoms with E-state index in [1.807, 2.05) is 0 Å². The highest BCUT2D eigenvalue weighted by Crippen LogP contribution is 2.14. The Hall–Kier alpha value is 0.0800. The first-order valence-electron chi connectivity index (χ1n) is 3.00. The number of aliphatic hydroxyl groups excluding tert-OH is 1. The maximum atomic E-state index is 12.4. The molecule has 0 aliphatic rings. The maximum absolute atomic E-state index is 12.4. The van der Waals surface area contributed by atoms with Crippen molar-refractivity contribution >= 4 is 8.69 Å². The lowest BCUT2D eigenvalue weighted by atomic mass is 10.1. The molecule has 0 aromatic heterocycles. The summed E-state index contributed by atoms with van der Waals surface area (Å²) in [5, 5.41) is 8.90. The topological polar surface area (TPSA) is 46.5 Å². The number of aliphatic hydroxyl groups is 1. The largest absolute Gasteiger partial charge is 0.387 e. The van der Waals surface area contributed by atoms with Crippen LogP contribution in [0.4, 0.5) is 4.39 Å². The summed E-state index contributed by atoms with van der Waals surface area (Å²) in [6, 6.07) is 0. The van der Waals surface area contributed by atoms with Crippen LogP contribution in [-0.4, -0.2) is 17.6 Å². The van der Waals surface area contributed by atoms with Crippen LogP contribution in [0.25, 0.3) is 0 Å². The van der Waals surface area contributed by atoms with Crippen LogP contribution in [0.2, 0.25) is 0 Å². The van der Waals surface area contributed by atoms with Gasteiger partial charge in [-0.15, -0.1) is 0 Å². The molecule has 0 aromatic rings. The van der Waals surface area contributed by atoms with Crippen molar-refractivity contribution in [3.8, 4) is 0 Å². The molecule has 0 aromatic carbocycles. The highest BCUT2D eigenvalue weighted by molar-refractivity contribution is 7.17. The van der Waals surface area contributed by atoms with Crippen LogP contribution in [0.5, 0.6) is 0 Å². The van der Waals surface area contributed by atoms with E-state index in [9.17, 15) is 8.96 Å². The van der Waals surface area contributed by atoms with Crippen LogP contribution in [0.3, 0.4) is 0 Å². The molecule has 0 spiro atoms. The van der Waals surface area contributed by atoms with Crippen molar-refractivity contribution in [1.82, 2.24) is 0 Å². The molecule has 0 rings (SSSR count). The molecule has 0 aliphatic carbocycles. The number of alkyl halides is 1. The van der Waals surface area contributed by atoms with E-state index in [0.29, 0.717) is 0 Å². The van der Waals surface area contributed by atoms with E-state index in [2.05, 4.69) is 4.52 Å². The smallest absolute Gasteiger partial charge is 0.230 e. The Balaban J connectivity index is 3.68. The van der Waals surface area contributed by atoms with Crippen molar-refractivity contribution in [2.45, 2.75) is 26.3 Å². The first-order chi connectivity index (χ1) is 4.59. The summed E-state index contributed by atoms with van der Waals surface area (Å²) < 4.78 is 26.2. The molecule has 62 valence electrons. The lowest BCUT2D eigenvalue weighted by Gasteiger charge is -2.16. The molecule has 0 saturated heterocycles. The fraction of sp³-hybridized carbons (Fsp3) is 1.00. The van der Waals surface area contributed by atoms with Crippen molar-refractivity contribution < 1.29 is 18.6 Å². The van der Waals surface area contributed by atoms with Crippen molar-refractivity contribution in [1.29, 1.82) is 0 Å². The van der Waals surface area contributed by atoms with E-state index >= 15 is 0 Å². The predicted octanol–water partition coefficient (Wildman–Crippen LogP) is 0.987. The van der Waals surface area contributed by atoms with Gasteiger partial charge in [-0.1, -0.05) is 13.8 Å². The van der Waals surface area contributed by atoms with Crippen LogP contribution >= 0.6 is 8.69 Å². The molecule has 0 heterocycles. The summed E-state index contributed by atoms with van der Waals surface area (Å²) in [7, 11) is -1.58. The normalized spacial score (nSPS) is 18.5. The van der Waals surface area contributed by atoms with E-state index in [1.165, 1.54) is 0 Å². The Morgan fingerprint density at radius 1 is 1.60 bits per heavy atom. The zero-order chi connectivity index (χ0) is 8.15. The standard InChI is InChI=1S/C5H12FO3P/c1-3(2)4(7)5(6)9-10-8/h3-5,7H,10H2,1-2H3. The summed E-state index contributed by atoms with van der Waals surface area (Å²) in [5.74, 6) is -0.221. The minimum atomic E-state index is -1.81. The van der Waals surface area contributed by atoms with Gasteiger partial charge in [0.1, 0.15) is 6.10 Å². The minimum Gasteiger partial charge on any atom is -0.387 e. The lowest BCUT2D eigenvalue weighted by molar-refractivity contribution is -0.0608. The number of rotatable bonds is 4. The monoisotopic (exact) mass is 170 g/mol. The third kappa shape index (κ3) is 3.30. The van der Waals surface area contributed by atoms with Crippen LogP contribution in [0.1, 0.15) is 13.8 Å². The Kier molecular flexibility index (Phi) is 4.87. The quantitative estimate of drug-likeness (QED) is 0.640. The fourth-order valence-electron chi connectivity index (χ4n) is 0.436. The maximum Gasteiger partial charge on any atom is 0.230 e. The van der Waals surface area contributed by atoms with Crippen molar-refractivity contribution in [2.75, 3.05) is 0 Å². The van der Waals surface area contributed by atoms with E-state index < -0.39 is 21.1 Å². The third-order valence-electron chi connectivity index (χ3n) is 1.14. The minimum absolute atomic E-state index is 0.221. The van der Waals surface area contributed by atoms with Crippen LogP contribution in [0, 0.1) is 5.92 Å². The number of hydrogen-bond acceptors (Lipinski definition) is 3. The average molecular weight is 170 g/mol. The summed E-state index contributed by atoms with van der Waals surface area (Å²) in [6.45, 7) is 3.31. The molecule has 3 nitrogen and oxygen atoms in total. The van der Waals surface area contributed by atoms with Gasteiger partial charge in [-0.2, -0.15) is 0 Å². The van der Waals surface area contributed by atoms with Gasteiger partial charge in [-0.25, -0.2) is 4.39 Å². The van der Waals surface area contributed by atoms with E-state index in [1.54, 1.807) is 13.8 Å². The van der Waals surface area contributed by atoms with Gasteiger partial charge in [0.05, 0.1) is 0 Å². The summed E-state index contributed by atoms with van der Waals surface area (Å²) >= 11 is 0. The van der Waals surface area contributed by atoms with Crippen LogP contribution < -0.4 is 0 Å². The summed E-state index contributed by atoms with van der Waals surface area (Å²) in [5.41, 5.74) is 0. The molecule has 10 heavy (non-hydrogen) atoms. The second-order valence-corrected chi connectivity index (χ2v) is 2.78. The molecule has 1 N–H and O–H groups in total. The van der Waals surface area contributed by atoms with Gasteiger partial charge in [0, 0.05) is 0 Å². The molecule has 5 heteroatoms. The van der Waals surface area contributed by atoms with Gasteiger partial charge in [-0.3, -0.25) is 9.09 Å². The lowest BCUT2D eigenvalue weighted by Crippen LogP contribution is -2.27. The Labute approximate surface area is 60.5 Å². The van der Waals surface area contributed by atoms with Crippen molar-refractivity contribution in [3.63, 3.8) is 0 Å².